The van der Waals surface area contributed by atoms with E-state index in [9.17, 15) is 4.79 Å². The molecule has 0 saturated heterocycles. The summed E-state index contributed by atoms with van der Waals surface area (Å²) in [6, 6.07) is 2.05. The van der Waals surface area contributed by atoms with E-state index in [0.29, 0.717) is 6.54 Å². The number of thiophene rings is 1. The Bertz CT molecular complexity index is 440. The molecule has 106 valence electrons. The second-order valence-corrected chi connectivity index (χ2v) is 8.24. The molecule has 0 spiro atoms. The molecular formula is C15H22ClNOS. The van der Waals surface area contributed by atoms with E-state index in [1.165, 1.54) is 16.9 Å². The fourth-order valence-corrected chi connectivity index (χ4v) is 4.18. The number of carbonyl (C=O) groups excluding carboxylic acids is 1. The minimum Gasteiger partial charge on any atom is -0.350 e. The zero-order valence-corrected chi connectivity index (χ0v) is 13.5. The Labute approximate surface area is 124 Å². The molecule has 1 N–H and O–H groups in total. The molecule has 4 heteroatoms. The molecule has 0 aromatic carbocycles. The summed E-state index contributed by atoms with van der Waals surface area (Å²) in [6.45, 7) is 7.02. The van der Waals surface area contributed by atoms with Crippen molar-refractivity contribution in [3.05, 3.63) is 21.4 Å². The van der Waals surface area contributed by atoms with Gasteiger partial charge in [0.2, 0.25) is 0 Å². The number of aryl methyl sites for hydroxylation is 2. The van der Waals surface area contributed by atoms with Crippen molar-refractivity contribution in [3.8, 4) is 0 Å². The topological polar surface area (TPSA) is 29.1 Å². The predicted octanol–water partition coefficient (Wildman–Crippen LogP) is 4.01. The highest BCUT2D eigenvalue weighted by atomic mass is 35.5. The van der Waals surface area contributed by atoms with Crippen LogP contribution in [0, 0.1) is 5.41 Å². The van der Waals surface area contributed by atoms with E-state index in [4.69, 9.17) is 11.6 Å². The van der Waals surface area contributed by atoms with Crippen LogP contribution in [0.2, 0.25) is 0 Å². The quantitative estimate of drug-likeness (QED) is 0.836. The molecule has 1 aromatic heterocycles. The number of hydrogen-bond acceptors (Lipinski definition) is 2. The van der Waals surface area contributed by atoms with Crippen LogP contribution < -0.4 is 5.32 Å². The third-order valence-electron chi connectivity index (χ3n) is 3.29. The third-order valence-corrected chi connectivity index (χ3v) is 4.83. The van der Waals surface area contributed by atoms with E-state index in [2.05, 4.69) is 32.2 Å². The predicted molar refractivity (Wildman–Crippen MR) is 82.4 cm³/mol. The van der Waals surface area contributed by atoms with Crippen LogP contribution in [0.25, 0.3) is 0 Å². The molecule has 1 aromatic rings. The van der Waals surface area contributed by atoms with Crippen molar-refractivity contribution in [2.75, 3.05) is 6.54 Å². The highest BCUT2D eigenvalue weighted by Crippen LogP contribution is 2.30. The van der Waals surface area contributed by atoms with E-state index in [1.54, 1.807) is 11.3 Å². The van der Waals surface area contributed by atoms with Crippen molar-refractivity contribution in [3.63, 3.8) is 0 Å². The molecule has 1 amide bonds. The number of halogens is 1. The van der Waals surface area contributed by atoms with Gasteiger partial charge in [-0.3, -0.25) is 4.79 Å². The molecule has 0 fully saturated rings. The summed E-state index contributed by atoms with van der Waals surface area (Å²) in [6.07, 6.45) is 4.39. The van der Waals surface area contributed by atoms with Crippen LogP contribution in [0.15, 0.2) is 6.07 Å². The SMILES string of the molecule is CC(C)(C)CC(Cl)CNC(=O)c1cc2c(s1)CCC2. The molecular weight excluding hydrogens is 278 g/mol. The van der Waals surface area contributed by atoms with Crippen molar-refractivity contribution < 1.29 is 4.79 Å². The first kappa shape index (κ1) is 14.9. The Morgan fingerprint density at radius 3 is 2.84 bits per heavy atom. The van der Waals surface area contributed by atoms with Crippen LogP contribution in [0.3, 0.4) is 0 Å². The normalized spacial score (nSPS) is 16.2. The first-order valence-electron chi connectivity index (χ1n) is 6.89. The zero-order valence-electron chi connectivity index (χ0n) is 11.9. The smallest absolute Gasteiger partial charge is 0.261 e. The number of carbonyl (C=O) groups is 1. The summed E-state index contributed by atoms with van der Waals surface area (Å²) >= 11 is 7.90. The van der Waals surface area contributed by atoms with Gasteiger partial charge in [0.05, 0.1) is 10.3 Å². The van der Waals surface area contributed by atoms with Gasteiger partial charge in [-0.15, -0.1) is 22.9 Å². The van der Waals surface area contributed by atoms with E-state index in [-0.39, 0.29) is 16.7 Å². The Hall–Kier alpha value is -0.540. The van der Waals surface area contributed by atoms with Crippen LogP contribution in [-0.4, -0.2) is 17.8 Å². The molecule has 1 atom stereocenters. The molecule has 1 heterocycles. The Balaban J connectivity index is 1.84. The molecule has 1 aliphatic carbocycles. The molecule has 1 unspecified atom stereocenters. The average Bonchev–Trinajstić information content (AvgIpc) is 2.83. The number of nitrogens with one attached hydrogen (secondary N) is 1. The standard InChI is InChI=1S/C15H22ClNOS/c1-15(2,3)8-11(16)9-17-14(18)13-7-10-5-4-6-12(10)19-13/h7,11H,4-6,8-9H2,1-3H3,(H,17,18). The van der Waals surface area contributed by atoms with Crippen LogP contribution in [0.5, 0.6) is 0 Å². The average molecular weight is 300 g/mol. The van der Waals surface area contributed by atoms with Gasteiger partial charge in [-0.1, -0.05) is 20.8 Å². The van der Waals surface area contributed by atoms with Gasteiger partial charge in [-0.2, -0.15) is 0 Å². The highest BCUT2D eigenvalue weighted by Gasteiger charge is 2.20. The molecule has 19 heavy (non-hydrogen) atoms. The van der Waals surface area contributed by atoms with Gasteiger partial charge in [0.25, 0.3) is 5.91 Å². The summed E-state index contributed by atoms with van der Waals surface area (Å²) in [5.74, 6) is 0.0268. The fraction of sp³-hybridized carbons (Fsp3) is 0.667. The minimum absolute atomic E-state index is 0.00393. The van der Waals surface area contributed by atoms with Gasteiger partial charge in [0, 0.05) is 11.4 Å². The first-order chi connectivity index (χ1) is 8.85. The summed E-state index contributed by atoms with van der Waals surface area (Å²) in [7, 11) is 0. The van der Waals surface area contributed by atoms with Crippen molar-refractivity contribution in [1.29, 1.82) is 0 Å². The van der Waals surface area contributed by atoms with Crippen molar-refractivity contribution >= 4 is 28.8 Å². The monoisotopic (exact) mass is 299 g/mol. The number of alkyl halides is 1. The zero-order chi connectivity index (χ0) is 14.0. The van der Waals surface area contributed by atoms with E-state index >= 15 is 0 Å². The largest absolute Gasteiger partial charge is 0.350 e. The second kappa shape index (κ2) is 5.84. The number of fused-ring (bicyclic) bond motifs is 1. The lowest BCUT2D eigenvalue weighted by Crippen LogP contribution is -2.31. The lowest BCUT2D eigenvalue weighted by molar-refractivity contribution is 0.0956. The summed E-state index contributed by atoms with van der Waals surface area (Å²) < 4.78 is 0. The highest BCUT2D eigenvalue weighted by molar-refractivity contribution is 7.14. The Morgan fingerprint density at radius 2 is 2.21 bits per heavy atom. The summed E-state index contributed by atoms with van der Waals surface area (Å²) in [4.78, 5) is 14.3. The van der Waals surface area contributed by atoms with E-state index in [0.717, 1.165) is 24.1 Å². The maximum Gasteiger partial charge on any atom is 0.261 e. The van der Waals surface area contributed by atoms with E-state index < -0.39 is 0 Å². The minimum atomic E-state index is -0.00393. The number of rotatable bonds is 4. The molecule has 0 radical (unpaired) electrons. The molecule has 2 nitrogen and oxygen atoms in total. The van der Waals surface area contributed by atoms with Gasteiger partial charge in [0.15, 0.2) is 0 Å². The van der Waals surface area contributed by atoms with Crippen molar-refractivity contribution in [1.82, 2.24) is 5.32 Å². The molecule has 0 aliphatic heterocycles. The Kier molecular flexibility index (Phi) is 4.57. The number of hydrogen-bond donors (Lipinski definition) is 1. The lowest BCUT2D eigenvalue weighted by atomic mass is 9.90. The fourth-order valence-electron chi connectivity index (χ4n) is 2.47. The van der Waals surface area contributed by atoms with Crippen molar-refractivity contribution in [2.45, 2.75) is 51.8 Å². The summed E-state index contributed by atoms with van der Waals surface area (Å²) in [5, 5.41) is 2.95. The molecule has 0 saturated carbocycles. The van der Waals surface area contributed by atoms with Gasteiger partial charge < -0.3 is 5.32 Å². The van der Waals surface area contributed by atoms with Crippen LogP contribution in [0.1, 0.15) is 53.7 Å². The van der Waals surface area contributed by atoms with Gasteiger partial charge in [-0.25, -0.2) is 0 Å². The maximum absolute atomic E-state index is 12.1. The molecule has 1 aliphatic rings. The summed E-state index contributed by atoms with van der Waals surface area (Å²) in [5.41, 5.74) is 1.56. The lowest BCUT2D eigenvalue weighted by Gasteiger charge is -2.21. The van der Waals surface area contributed by atoms with Crippen molar-refractivity contribution in [2.24, 2.45) is 5.41 Å². The Morgan fingerprint density at radius 1 is 1.47 bits per heavy atom. The third kappa shape index (κ3) is 4.22. The van der Waals surface area contributed by atoms with Gasteiger partial charge in [-0.05, 0) is 42.7 Å². The molecule has 2 rings (SSSR count). The second-order valence-electron chi connectivity index (χ2n) is 6.48. The van der Waals surface area contributed by atoms with Crippen LogP contribution in [0.4, 0.5) is 0 Å². The first-order valence-corrected chi connectivity index (χ1v) is 8.14. The van der Waals surface area contributed by atoms with Crippen LogP contribution >= 0.6 is 22.9 Å². The molecule has 0 bridgehead atoms. The van der Waals surface area contributed by atoms with Gasteiger partial charge in [0.1, 0.15) is 0 Å². The maximum atomic E-state index is 12.1. The van der Waals surface area contributed by atoms with Gasteiger partial charge >= 0.3 is 0 Å². The van der Waals surface area contributed by atoms with Crippen LogP contribution in [-0.2, 0) is 12.8 Å². The number of amides is 1. The van der Waals surface area contributed by atoms with E-state index in [1.807, 2.05) is 0 Å².